The second-order valence-electron chi connectivity index (χ2n) is 7.81. The molecular weight excluding hydrogens is 374 g/mol. The van der Waals surface area contributed by atoms with Crippen LogP contribution in [0.1, 0.15) is 36.9 Å². The third-order valence-corrected chi connectivity index (χ3v) is 6.06. The van der Waals surface area contributed by atoms with Crippen LogP contribution in [0, 0.1) is 0 Å². The number of aliphatic hydroxyl groups is 1. The lowest BCUT2D eigenvalue weighted by molar-refractivity contribution is -0.0718. The molecular formula is C26H27NO3. The number of benzene rings is 3. The molecule has 4 heteroatoms. The molecule has 0 bridgehead atoms. The molecule has 1 aliphatic heterocycles. The van der Waals surface area contributed by atoms with Crippen LogP contribution in [0.2, 0.25) is 0 Å². The van der Waals surface area contributed by atoms with Crippen molar-refractivity contribution in [1.29, 1.82) is 0 Å². The molecule has 1 heterocycles. The predicted molar refractivity (Wildman–Crippen MR) is 118 cm³/mol. The van der Waals surface area contributed by atoms with Gasteiger partial charge in [0, 0.05) is 26.0 Å². The van der Waals surface area contributed by atoms with Crippen molar-refractivity contribution in [2.75, 3.05) is 13.2 Å². The lowest BCUT2D eigenvalue weighted by atomic mass is 9.85. The zero-order valence-corrected chi connectivity index (χ0v) is 17.2. The summed E-state index contributed by atoms with van der Waals surface area (Å²) < 4.78 is 5.98. The monoisotopic (exact) mass is 401 g/mol. The molecule has 154 valence electrons. The van der Waals surface area contributed by atoms with E-state index < -0.39 is 5.60 Å². The van der Waals surface area contributed by atoms with Crippen molar-refractivity contribution in [3.63, 3.8) is 0 Å². The average molecular weight is 402 g/mol. The lowest BCUT2D eigenvalue weighted by Gasteiger charge is -2.43. The molecule has 3 aromatic rings. The number of cyclic esters (lactones) is 1. The van der Waals surface area contributed by atoms with Gasteiger partial charge in [-0.2, -0.15) is 0 Å². The van der Waals surface area contributed by atoms with Crippen LogP contribution in [-0.4, -0.2) is 29.3 Å². The molecule has 0 saturated carbocycles. The number of nitrogens with zero attached hydrogens (tertiary/aromatic N) is 1. The number of carbonyl (C=O) groups excluding carboxylic acids is 1. The molecule has 0 aromatic heterocycles. The Labute approximate surface area is 177 Å². The maximum absolute atomic E-state index is 13.0. The highest BCUT2D eigenvalue weighted by molar-refractivity contribution is 5.70. The van der Waals surface area contributed by atoms with E-state index in [1.54, 1.807) is 4.90 Å². The molecule has 0 aliphatic carbocycles. The van der Waals surface area contributed by atoms with Crippen LogP contribution in [-0.2, 0) is 10.3 Å². The van der Waals surface area contributed by atoms with Crippen molar-refractivity contribution in [1.82, 2.24) is 4.90 Å². The van der Waals surface area contributed by atoms with Crippen molar-refractivity contribution in [3.8, 4) is 11.1 Å². The van der Waals surface area contributed by atoms with Crippen molar-refractivity contribution >= 4 is 6.09 Å². The van der Waals surface area contributed by atoms with E-state index in [2.05, 4.69) is 36.4 Å². The highest BCUT2D eigenvalue weighted by Crippen LogP contribution is 2.39. The van der Waals surface area contributed by atoms with Gasteiger partial charge in [-0.05, 0) is 29.2 Å². The molecule has 4 rings (SSSR count). The fourth-order valence-electron chi connectivity index (χ4n) is 4.23. The standard InChI is InChI=1S/C26H27NO3/c1-20(21-12-14-23(15-13-21)22-8-4-2-5-9-22)27-18-16-26(17-19-28,30-25(27)29)24-10-6-3-7-11-24/h2-15,20,28H,16-19H2,1H3/t20?,26-/m0/s1. The molecule has 2 atom stereocenters. The zero-order valence-electron chi connectivity index (χ0n) is 17.2. The molecule has 1 amide bonds. The summed E-state index contributed by atoms with van der Waals surface area (Å²) in [4.78, 5) is 14.8. The first-order chi connectivity index (χ1) is 14.6. The second kappa shape index (κ2) is 8.72. The largest absolute Gasteiger partial charge is 0.438 e. The van der Waals surface area contributed by atoms with Crippen LogP contribution in [0.15, 0.2) is 84.9 Å². The lowest BCUT2D eigenvalue weighted by Crippen LogP contribution is -2.49. The van der Waals surface area contributed by atoms with E-state index in [0.717, 1.165) is 16.7 Å². The number of hydrogen-bond acceptors (Lipinski definition) is 3. The summed E-state index contributed by atoms with van der Waals surface area (Å²) in [5.74, 6) is 0. The summed E-state index contributed by atoms with van der Waals surface area (Å²) in [5.41, 5.74) is 3.57. The van der Waals surface area contributed by atoms with Crippen LogP contribution < -0.4 is 0 Å². The Bertz CT molecular complexity index is 972. The Morgan fingerprint density at radius 3 is 2.13 bits per heavy atom. The molecule has 1 fully saturated rings. The van der Waals surface area contributed by atoms with E-state index >= 15 is 0 Å². The van der Waals surface area contributed by atoms with Gasteiger partial charge in [0.2, 0.25) is 0 Å². The number of aliphatic hydroxyl groups excluding tert-OH is 1. The Morgan fingerprint density at radius 1 is 0.933 bits per heavy atom. The van der Waals surface area contributed by atoms with Gasteiger partial charge in [0.15, 0.2) is 0 Å². The van der Waals surface area contributed by atoms with E-state index in [1.165, 1.54) is 5.56 Å². The Morgan fingerprint density at radius 2 is 1.53 bits per heavy atom. The third kappa shape index (κ3) is 3.96. The maximum Gasteiger partial charge on any atom is 0.411 e. The minimum absolute atomic E-state index is 0.0291. The summed E-state index contributed by atoms with van der Waals surface area (Å²) in [6.07, 6.45) is 0.713. The van der Waals surface area contributed by atoms with E-state index in [4.69, 9.17) is 4.74 Å². The predicted octanol–water partition coefficient (Wildman–Crippen LogP) is 5.53. The Kier molecular flexibility index (Phi) is 5.86. The number of hydrogen-bond donors (Lipinski definition) is 1. The SMILES string of the molecule is CC(c1ccc(-c2ccccc2)cc1)N1CC[C@](CCO)(c2ccccc2)OC1=O. The number of amides is 1. The van der Waals surface area contributed by atoms with Crippen LogP contribution in [0.4, 0.5) is 4.79 Å². The van der Waals surface area contributed by atoms with Gasteiger partial charge in [-0.3, -0.25) is 0 Å². The number of rotatable bonds is 6. The molecule has 4 nitrogen and oxygen atoms in total. The summed E-state index contributed by atoms with van der Waals surface area (Å²) in [6.45, 7) is 2.58. The average Bonchev–Trinajstić information content (AvgIpc) is 2.80. The van der Waals surface area contributed by atoms with Gasteiger partial charge in [-0.25, -0.2) is 4.79 Å². The summed E-state index contributed by atoms with van der Waals surface area (Å²) in [5, 5.41) is 9.60. The number of carbonyl (C=O) groups is 1. The first-order valence-corrected chi connectivity index (χ1v) is 10.4. The minimum Gasteiger partial charge on any atom is -0.438 e. The van der Waals surface area contributed by atoms with Crippen molar-refractivity contribution in [3.05, 3.63) is 96.1 Å². The zero-order chi connectivity index (χ0) is 21.0. The highest BCUT2D eigenvalue weighted by atomic mass is 16.6. The second-order valence-corrected chi connectivity index (χ2v) is 7.81. The van der Waals surface area contributed by atoms with E-state index in [0.29, 0.717) is 19.4 Å². The summed E-state index contributed by atoms with van der Waals surface area (Å²) >= 11 is 0. The smallest absolute Gasteiger partial charge is 0.411 e. The fraction of sp³-hybridized carbons (Fsp3) is 0.269. The molecule has 1 saturated heterocycles. The van der Waals surface area contributed by atoms with Crippen LogP contribution in [0.25, 0.3) is 11.1 Å². The number of ether oxygens (including phenoxy) is 1. The normalized spacial score (nSPS) is 19.9. The maximum atomic E-state index is 13.0. The minimum atomic E-state index is -0.763. The molecule has 30 heavy (non-hydrogen) atoms. The Balaban J connectivity index is 1.51. The van der Waals surface area contributed by atoms with E-state index in [9.17, 15) is 9.90 Å². The molecule has 1 aliphatic rings. The molecule has 0 spiro atoms. The molecule has 1 unspecified atom stereocenters. The first-order valence-electron chi connectivity index (χ1n) is 10.4. The van der Waals surface area contributed by atoms with Gasteiger partial charge in [0.25, 0.3) is 0 Å². The van der Waals surface area contributed by atoms with Crippen LogP contribution in [0.3, 0.4) is 0 Å². The van der Waals surface area contributed by atoms with E-state index in [-0.39, 0.29) is 18.7 Å². The van der Waals surface area contributed by atoms with Gasteiger partial charge in [0.1, 0.15) is 5.60 Å². The highest BCUT2D eigenvalue weighted by Gasteiger charge is 2.43. The van der Waals surface area contributed by atoms with Gasteiger partial charge in [-0.1, -0.05) is 84.9 Å². The quantitative estimate of drug-likeness (QED) is 0.590. The van der Waals surface area contributed by atoms with Gasteiger partial charge >= 0.3 is 6.09 Å². The summed E-state index contributed by atoms with van der Waals surface area (Å²) in [6, 6.07) is 28.2. The van der Waals surface area contributed by atoms with Crippen molar-refractivity contribution in [2.45, 2.75) is 31.4 Å². The topological polar surface area (TPSA) is 49.8 Å². The van der Waals surface area contributed by atoms with E-state index in [1.807, 2.05) is 55.5 Å². The third-order valence-electron chi connectivity index (χ3n) is 6.06. The fourth-order valence-corrected chi connectivity index (χ4v) is 4.23. The molecule has 3 aromatic carbocycles. The van der Waals surface area contributed by atoms with Crippen molar-refractivity contribution in [2.24, 2.45) is 0 Å². The first kappa shape index (κ1) is 20.2. The van der Waals surface area contributed by atoms with Crippen molar-refractivity contribution < 1.29 is 14.6 Å². The Hall–Kier alpha value is -3.11. The van der Waals surface area contributed by atoms with Gasteiger partial charge in [0.05, 0.1) is 6.04 Å². The van der Waals surface area contributed by atoms with Crippen LogP contribution in [0.5, 0.6) is 0 Å². The molecule has 1 N–H and O–H groups in total. The van der Waals surface area contributed by atoms with Crippen LogP contribution >= 0.6 is 0 Å². The molecule has 0 radical (unpaired) electrons. The van der Waals surface area contributed by atoms with Gasteiger partial charge in [-0.15, -0.1) is 0 Å². The van der Waals surface area contributed by atoms with Gasteiger partial charge < -0.3 is 14.7 Å². The summed E-state index contributed by atoms with van der Waals surface area (Å²) in [7, 11) is 0.